The zero-order valence-corrected chi connectivity index (χ0v) is 9.22. The molecule has 0 fully saturated rings. The molecule has 0 aliphatic carbocycles. The Labute approximate surface area is 93.9 Å². The van der Waals surface area contributed by atoms with Crippen molar-refractivity contribution in [1.82, 2.24) is 4.57 Å². The van der Waals surface area contributed by atoms with Crippen LogP contribution in [0.2, 0.25) is 0 Å². The molecule has 0 aliphatic heterocycles. The standard InChI is InChI=1S/C12H16N2O2/c1-14-10-7-9(15)3-2-8(10)6-11(14)12(16)4-5-13/h2-3,6-7,12,15-16H,4-5,13H2,1H3. The van der Waals surface area contributed by atoms with Crippen LogP contribution in [0, 0.1) is 0 Å². The second-order valence-electron chi connectivity index (χ2n) is 3.96. The molecule has 4 nitrogen and oxygen atoms in total. The van der Waals surface area contributed by atoms with E-state index in [0.29, 0.717) is 13.0 Å². The Balaban J connectivity index is 2.51. The number of nitrogens with zero attached hydrogens (tertiary/aromatic N) is 1. The number of fused-ring (bicyclic) bond motifs is 1. The summed E-state index contributed by atoms with van der Waals surface area (Å²) in [7, 11) is 1.87. The maximum absolute atomic E-state index is 9.91. The van der Waals surface area contributed by atoms with Gasteiger partial charge in [0.05, 0.1) is 11.6 Å². The molecule has 0 radical (unpaired) electrons. The first-order chi connectivity index (χ1) is 7.63. The Morgan fingerprint density at radius 3 is 2.81 bits per heavy atom. The summed E-state index contributed by atoms with van der Waals surface area (Å²) in [6.45, 7) is 0.452. The predicted octanol–water partition coefficient (Wildman–Crippen LogP) is 1.27. The van der Waals surface area contributed by atoms with Crippen LogP contribution in [0.5, 0.6) is 5.75 Å². The largest absolute Gasteiger partial charge is 0.508 e. The fourth-order valence-electron chi connectivity index (χ4n) is 1.97. The van der Waals surface area contributed by atoms with Crippen LogP contribution in [0.1, 0.15) is 18.2 Å². The lowest BCUT2D eigenvalue weighted by Crippen LogP contribution is -2.09. The number of rotatable bonds is 3. The second-order valence-corrected chi connectivity index (χ2v) is 3.96. The third-order valence-corrected chi connectivity index (χ3v) is 2.85. The van der Waals surface area contributed by atoms with Crippen LogP contribution in [-0.2, 0) is 7.05 Å². The van der Waals surface area contributed by atoms with Gasteiger partial charge in [-0.2, -0.15) is 0 Å². The van der Waals surface area contributed by atoms with Gasteiger partial charge in [-0.1, -0.05) is 0 Å². The minimum absolute atomic E-state index is 0.230. The zero-order chi connectivity index (χ0) is 11.7. The van der Waals surface area contributed by atoms with Gasteiger partial charge in [0, 0.05) is 24.2 Å². The first-order valence-corrected chi connectivity index (χ1v) is 5.30. The molecule has 16 heavy (non-hydrogen) atoms. The lowest BCUT2D eigenvalue weighted by atomic mass is 10.2. The van der Waals surface area contributed by atoms with Crippen molar-refractivity contribution in [3.63, 3.8) is 0 Å². The third kappa shape index (κ3) is 1.77. The van der Waals surface area contributed by atoms with Crippen LogP contribution in [0.4, 0.5) is 0 Å². The fourth-order valence-corrected chi connectivity index (χ4v) is 1.97. The van der Waals surface area contributed by atoms with E-state index in [4.69, 9.17) is 5.73 Å². The minimum atomic E-state index is -0.551. The topological polar surface area (TPSA) is 71.4 Å². The number of aliphatic hydroxyl groups excluding tert-OH is 1. The van der Waals surface area contributed by atoms with Crippen LogP contribution in [-0.4, -0.2) is 21.3 Å². The molecule has 1 unspecified atom stereocenters. The van der Waals surface area contributed by atoms with Gasteiger partial charge >= 0.3 is 0 Å². The van der Waals surface area contributed by atoms with E-state index in [1.165, 1.54) is 0 Å². The molecule has 1 atom stereocenters. The Morgan fingerprint density at radius 2 is 2.12 bits per heavy atom. The first-order valence-electron chi connectivity index (χ1n) is 5.30. The predicted molar refractivity (Wildman–Crippen MR) is 63.2 cm³/mol. The van der Waals surface area contributed by atoms with Crippen molar-refractivity contribution in [3.8, 4) is 5.75 Å². The van der Waals surface area contributed by atoms with Gasteiger partial charge in [-0.05, 0) is 31.2 Å². The van der Waals surface area contributed by atoms with Gasteiger partial charge in [0.1, 0.15) is 5.75 Å². The van der Waals surface area contributed by atoms with Crippen LogP contribution in [0.3, 0.4) is 0 Å². The summed E-state index contributed by atoms with van der Waals surface area (Å²) in [6.07, 6.45) is -0.0135. The molecule has 0 amide bonds. The molecular formula is C12H16N2O2. The summed E-state index contributed by atoms with van der Waals surface area (Å²) in [5, 5.41) is 20.3. The molecule has 86 valence electrons. The lowest BCUT2D eigenvalue weighted by molar-refractivity contribution is 0.162. The molecule has 1 aromatic carbocycles. The molecule has 2 aromatic rings. The summed E-state index contributed by atoms with van der Waals surface area (Å²) in [4.78, 5) is 0. The van der Waals surface area contributed by atoms with E-state index in [9.17, 15) is 10.2 Å². The number of aliphatic hydroxyl groups is 1. The fraction of sp³-hybridized carbons (Fsp3) is 0.333. The van der Waals surface area contributed by atoms with Crippen LogP contribution in [0.15, 0.2) is 24.3 Å². The van der Waals surface area contributed by atoms with Crippen molar-refractivity contribution in [2.24, 2.45) is 12.8 Å². The highest BCUT2D eigenvalue weighted by atomic mass is 16.3. The van der Waals surface area contributed by atoms with Crippen molar-refractivity contribution < 1.29 is 10.2 Å². The molecular weight excluding hydrogens is 204 g/mol. The Morgan fingerprint density at radius 1 is 1.38 bits per heavy atom. The van der Waals surface area contributed by atoms with E-state index < -0.39 is 6.10 Å². The summed E-state index contributed by atoms with van der Waals surface area (Å²) in [5.41, 5.74) is 7.16. The quantitative estimate of drug-likeness (QED) is 0.729. The smallest absolute Gasteiger partial charge is 0.117 e. The van der Waals surface area contributed by atoms with Gasteiger partial charge in [-0.15, -0.1) is 0 Å². The van der Waals surface area contributed by atoms with Gasteiger partial charge < -0.3 is 20.5 Å². The molecule has 0 spiro atoms. The minimum Gasteiger partial charge on any atom is -0.508 e. The van der Waals surface area contributed by atoms with Gasteiger partial charge in [0.25, 0.3) is 0 Å². The van der Waals surface area contributed by atoms with E-state index in [2.05, 4.69) is 0 Å². The average Bonchev–Trinajstić information content (AvgIpc) is 2.57. The molecule has 1 heterocycles. The summed E-state index contributed by atoms with van der Waals surface area (Å²) in [6, 6.07) is 7.09. The van der Waals surface area contributed by atoms with E-state index in [1.807, 2.05) is 23.7 Å². The molecule has 0 saturated carbocycles. The van der Waals surface area contributed by atoms with Crippen LogP contribution >= 0.6 is 0 Å². The molecule has 4 N–H and O–H groups in total. The number of aromatic nitrogens is 1. The van der Waals surface area contributed by atoms with Crippen LogP contribution < -0.4 is 5.73 Å². The maximum atomic E-state index is 9.91. The van der Waals surface area contributed by atoms with E-state index in [0.717, 1.165) is 16.6 Å². The summed E-state index contributed by atoms with van der Waals surface area (Å²) < 4.78 is 1.88. The van der Waals surface area contributed by atoms with E-state index >= 15 is 0 Å². The Hall–Kier alpha value is -1.52. The maximum Gasteiger partial charge on any atom is 0.117 e. The number of nitrogens with two attached hydrogens (primary N) is 1. The molecule has 1 aromatic heterocycles. The molecule has 2 rings (SSSR count). The molecule has 0 saturated heterocycles. The Bertz CT molecular complexity index is 505. The SMILES string of the molecule is Cn1c(C(O)CCN)cc2ccc(O)cc21. The monoisotopic (exact) mass is 220 g/mol. The summed E-state index contributed by atoms with van der Waals surface area (Å²) in [5.74, 6) is 0.230. The van der Waals surface area contributed by atoms with Crippen molar-refractivity contribution in [2.45, 2.75) is 12.5 Å². The average molecular weight is 220 g/mol. The van der Waals surface area contributed by atoms with Gasteiger partial charge in [-0.25, -0.2) is 0 Å². The lowest BCUT2D eigenvalue weighted by Gasteiger charge is -2.10. The first kappa shape index (κ1) is 11.0. The second kappa shape index (κ2) is 4.15. The van der Waals surface area contributed by atoms with Crippen molar-refractivity contribution in [3.05, 3.63) is 30.0 Å². The molecule has 4 heteroatoms. The highest BCUT2D eigenvalue weighted by molar-refractivity contribution is 5.82. The number of benzene rings is 1. The van der Waals surface area contributed by atoms with E-state index in [-0.39, 0.29) is 5.75 Å². The van der Waals surface area contributed by atoms with Gasteiger partial charge in [0.15, 0.2) is 0 Å². The number of phenols is 1. The number of hydrogen-bond acceptors (Lipinski definition) is 3. The van der Waals surface area contributed by atoms with E-state index in [1.54, 1.807) is 12.1 Å². The summed E-state index contributed by atoms with van der Waals surface area (Å²) >= 11 is 0. The number of hydrogen-bond donors (Lipinski definition) is 3. The number of aromatic hydroxyl groups is 1. The van der Waals surface area contributed by atoms with Crippen molar-refractivity contribution in [1.29, 1.82) is 0 Å². The van der Waals surface area contributed by atoms with Crippen LogP contribution in [0.25, 0.3) is 10.9 Å². The normalized spacial score (nSPS) is 13.2. The number of aryl methyl sites for hydroxylation is 1. The van der Waals surface area contributed by atoms with Crippen molar-refractivity contribution >= 4 is 10.9 Å². The molecule has 0 bridgehead atoms. The third-order valence-electron chi connectivity index (χ3n) is 2.85. The highest BCUT2D eigenvalue weighted by Gasteiger charge is 2.13. The number of phenolic OH excluding ortho intramolecular Hbond substituents is 1. The van der Waals surface area contributed by atoms with Gasteiger partial charge in [0.2, 0.25) is 0 Å². The zero-order valence-electron chi connectivity index (χ0n) is 9.22. The Kier molecular flexibility index (Phi) is 2.85. The molecule has 0 aliphatic rings. The van der Waals surface area contributed by atoms with Gasteiger partial charge in [-0.3, -0.25) is 0 Å². The highest BCUT2D eigenvalue weighted by Crippen LogP contribution is 2.27. The van der Waals surface area contributed by atoms with Crippen molar-refractivity contribution in [2.75, 3.05) is 6.54 Å².